The molecule has 130 valence electrons. The van der Waals surface area contributed by atoms with E-state index in [9.17, 15) is 14.4 Å². The van der Waals surface area contributed by atoms with Crippen molar-refractivity contribution in [1.82, 2.24) is 5.32 Å². The highest BCUT2D eigenvalue weighted by atomic mass is 16.6. The van der Waals surface area contributed by atoms with Crippen LogP contribution in [-0.4, -0.2) is 55.6 Å². The third-order valence-corrected chi connectivity index (χ3v) is 2.38. The van der Waals surface area contributed by atoms with Crippen LogP contribution in [0, 0.1) is 0 Å². The summed E-state index contributed by atoms with van der Waals surface area (Å²) < 4.78 is 14.8. The lowest BCUT2D eigenvalue weighted by Gasteiger charge is -2.18. The maximum absolute atomic E-state index is 11.6. The molecule has 0 aromatic rings. The highest BCUT2D eigenvalue weighted by molar-refractivity contribution is 5.87. The molecule has 0 aromatic heterocycles. The second-order valence-corrected chi connectivity index (χ2v) is 4.79. The van der Waals surface area contributed by atoms with Crippen molar-refractivity contribution in [2.45, 2.75) is 26.4 Å². The van der Waals surface area contributed by atoms with Crippen molar-refractivity contribution in [2.75, 3.05) is 26.4 Å². The predicted octanol–water partition coefficient (Wildman–Crippen LogP) is 0.702. The first kappa shape index (κ1) is 20.6. The minimum absolute atomic E-state index is 0.0733. The van der Waals surface area contributed by atoms with E-state index in [4.69, 9.17) is 19.3 Å². The second kappa shape index (κ2) is 11.2. The minimum atomic E-state index is -0.976. The molecule has 0 rings (SSSR count). The van der Waals surface area contributed by atoms with E-state index in [0.717, 1.165) is 0 Å². The molecule has 8 nitrogen and oxygen atoms in total. The Morgan fingerprint density at radius 2 is 1.52 bits per heavy atom. The van der Waals surface area contributed by atoms with Crippen LogP contribution < -0.4 is 5.32 Å². The summed E-state index contributed by atoms with van der Waals surface area (Å²) in [5.74, 6) is -1.30. The van der Waals surface area contributed by atoms with Crippen molar-refractivity contribution in [1.29, 1.82) is 0 Å². The van der Waals surface area contributed by atoms with Gasteiger partial charge in [0.2, 0.25) is 0 Å². The number of aliphatic hydroxyl groups excluding tert-OH is 1. The highest BCUT2D eigenvalue weighted by Gasteiger charge is 2.19. The number of hydrogen-bond acceptors (Lipinski definition) is 7. The number of amides is 1. The number of carbonyl (C=O) groups is 3. The Bertz CT molecular complexity index is 429. The molecule has 0 aromatic carbocycles. The van der Waals surface area contributed by atoms with Gasteiger partial charge in [-0.15, -0.1) is 0 Å². The Balaban J connectivity index is 4.49. The maximum atomic E-state index is 11.6. The van der Waals surface area contributed by atoms with Gasteiger partial charge in [0, 0.05) is 24.3 Å². The summed E-state index contributed by atoms with van der Waals surface area (Å²) >= 11 is 0. The molecule has 23 heavy (non-hydrogen) atoms. The zero-order chi connectivity index (χ0) is 17.8. The smallest absolute Gasteiger partial charge is 0.407 e. The van der Waals surface area contributed by atoms with Gasteiger partial charge in [0.25, 0.3) is 0 Å². The molecule has 0 aliphatic rings. The molecular weight excluding hydrogens is 306 g/mol. The standard InChI is InChI=1S/C15H23NO7/c1-10(2)13(18)21-8-12(9-22-14(19)11(3)4)23-15(20)16-6-5-7-17/h12,17H,1,3,5-9H2,2,4H3,(H,16,20). The van der Waals surface area contributed by atoms with Gasteiger partial charge in [0.1, 0.15) is 13.2 Å². The van der Waals surface area contributed by atoms with Gasteiger partial charge >= 0.3 is 18.0 Å². The topological polar surface area (TPSA) is 111 Å². The number of hydrogen-bond donors (Lipinski definition) is 2. The van der Waals surface area contributed by atoms with E-state index in [2.05, 4.69) is 18.5 Å². The van der Waals surface area contributed by atoms with Crippen molar-refractivity contribution in [3.8, 4) is 0 Å². The van der Waals surface area contributed by atoms with Crippen molar-refractivity contribution in [3.63, 3.8) is 0 Å². The Labute approximate surface area is 135 Å². The summed E-state index contributed by atoms with van der Waals surface area (Å²) in [5, 5.41) is 11.0. The molecule has 0 unspecified atom stereocenters. The Hall–Kier alpha value is -2.35. The van der Waals surface area contributed by atoms with E-state index in [0.29, 0.717) is 6.42 Å². The molecule has 0 saturated heterocycles. The third-order valence-electron chi connectivity index (χ3n) is 2.38. The summed E-state index contributed by atoms with van der Waals surface area (Å²) in [7, 11) is 0. The number of carbonyl (C=O) groups excluding carboxylic acids is 3. The lowest BCUT2D eigenvalue weighted by Crippen LogP contribution is -2.36. The molecule has 8 heteroatoms. The van der Waals surface area contributed by atoms with Crippen LogP contribution >= 0.6 is 0 Å². The van der Waals surface area contributed by atoms with Gasteiger partial charge in [-0.05, 0) is 20.3 Å². The minimum Gasteiger partial charge on any atom is -0.458 e. The second-order valence-electron chi connectivity index (χ2n) is 4.79. The van der Waals surface area contributed by atoms with Gasteiger partial charge < -0.3 is 24.6 Å². The van der Waals surface area contributed by atoms with Crippen LogP contribution in [0.5, 0.6) is 0 Å². The summed E-state index contributed by atoms with van der Waals surface area (Å²) in [5.41, 5.74) is 0.380. The number of rotatable bonds is 10. The van der Waals surface area contributed by atoms with E-state index < -0.39 is 24.1 Å². The quantitative estimate of drug-likeness (QED) is 0.263. The first-order chi connectivity index (χ1) is 10.8. The van der Waals surface area contributed by atoms with Crippen LogP contribution in [0.25, 0.3) is 0 Å². The van der Waals surface area contributed by atoms with Crippen molar-refractivity contribution in [3.05, 3.63) is 24.3 Å². The van der Waals surface area contributed by atoms with Gasteiger partial charge in [0.15, 0.2) is 6.10 Å². The average molecular weight is 329 g/mol. The van der Waals surface area contributed by atoms with Gasteiger partial charge in [-0.25, -0.2) is 14.4 Å². The summed E-state index contributed by atoms with van der Waals surface area (Å²) in [6.07, 6.45) is -1.38. The first-order valence-corrected chi connectivity index (χ1v) is 6.98. The van der Waals surface area contributed by atoms with E-state index in [1.165, 1.54) is 13.8 Å². The number of aliphatic hydroxyl groups is 1. The van der Waals surface area contributed by atoms with Crippen LogP contribution in [0.2, 0.25) is 0 Å². The number of nitrogens with one attached hydrogen (secondary N) is 1. The molecule has 2 N–H and O–H groups in total. The molecular formula is C15H23NO7. The first-order valence-electron chi connectivity index (χ1n) is 6.98. The lowest BCUT2D eigenvalue weighted by atomic mass is 10.3. The number of ether oxygens (including phenoxy) is 3. The molecule has 0 aliphatic heterocycles. The van der Waals surface area contributed by atoms with Gasteiger partial charge in [-0.2, -0.15) is 0 Å². The summed E-state index contributed by atoms with van der Waals surface area (Å²) in [6.45, 7) is 9.37. The fraction of sp³-hybridized carbons (Fsp3) is 0.533. The van der Waals surface area contributed by atoms with E-state index in [1.807, 2.05) is 0 Å². The molecule has 0 atom stereocenters. The van der Waals surface area contributed by atoms with Crippen LogP contribution in [0.4, 0.5) is 4.79 Å². The molecule has 0 radical (unpaired) electrons. The Kier molecular flexibility index (Phi) is 10.1. The highest BCUT2D eigenvalue weighted by Crippen LogP contribution is 2.02. The van der Waals surface area contributed by atoms with Gasteiger partial charge in [-0.1, -0.05) is 13.2 Å². The van der Waals surface area contributed by atoms with E-state index in [-0.39, 0.29) is 37.5 Å². The molecule has 0 heterocycles. The SMILES string of the molecule is C=C(C)C(=O)OCC(COC(=O)C(=C)C)OC(=O)NCCCO. The fourth-order valence-electron chi connectivity index (χ4n) is 1.16. The normalized spacial score (nSPS) is 9.91. The number of esters is 2. The summed E-state index contributed by atoms with van der Waals surface area (Å²) in [4.78, 5) is 34.3. The molecule has 0 bridgehead atoms. The maximum Gasteiger partial charge on any atom is 0.407 e. The summed E-state index contributed by atoms with van der Waals surface area (Å²) in [6, 6.07) is 0. The van der Waals surface area contributed by atoms with E-state index >= 15 is 0 Å². The lowest BCUT2D eigenvalue weighted by molar-refractivity contribution is -0.147. The molecule has 0 aliphatic carbocycles. The molecule has 0 spiro atoms. The van der Waals surface area contributed by atoms with Crippen molar-refractivity contribution < 1.29 is 33.7 Å². The predicted molar refractivity (Wildman–Crippen MR) is 81.5 cm³/mol. The monoisotopic (exact) mass is 329 g/mol. The van der Waals surface area contributed by atoms with Crippen molar-refractivity contribution in [2.24, 2.45) is 0 Å². The van der Waals surface area contributed by atoms with Crippen molar-refractivity contribution >= 4 is 18.0 Å². The Morgan fingerprint density at radius 1 is 1.04 bits per heavy atom. The zero-order valence-corrected chi connectivity index (χ0v) is 13.4. The largest absolute Gasteiger partial charge is 0.458 e. The number of alkyl carbamates (subject to hydrolysis) is 1. The fourth-order valence-corrected chi connectivity index (χ4v) is 1.16. The van der Waals surface area contributed by atoms with Crippen LogP contribution in [0.15, 0.2) is 24.3 Å². The molecule has 0 saturated carbocycles. The van der Waals surface area contributed by atoms with Crippen LogP contribution in [0.3, 0.4) is 0 Å². The molecule has 1 amide bonds. The van der Waals surface area contributed by atoms with E-state index in [1.54, 1.807) is 0 Å². The van der Waals surface area contributed by atoms with Gasteiger partial charge in [-0.3, -0.25) is 0 Å². The zero-order valence-electron chi connectivity index (χ0n) is 13.4. The average Bonchev–Trinajstić information content (AvgIpc) is 2.49. The van der Waals surface area contributed by atoms with Crippen LogP contribution in [-0.2, 0) is 23.8 Å². The van der Waals surface area contributed by atoms with Gasteiger partial charge in [0.05, 0.1) is 0 Å². The van der Waals surface area contributed by atoms with Crippen LogP contribution in [0.1, 0.15) is 20.3 Å². The molecule has 0 fully saturated rings. The third kappa shape index (κ3) is 10.1. The Morgan fingerprint density at radius 3 is 1.91 bits per heavy atom.